The fourth-order valence-electron chi connectivity index (χ4n) is 3.78. The zero-order chi connectivity index (χ0) is 25.3. The van der Waals surface area contributed by atoms with Gasteiger partial charge in [-0.1, -0.05) is 60.0 Å². The van der Waals surface area contributed by atoms with E-state index in [4.69, 9.17) is 0 Å². The van der Waals surface area contributed by atoms with Gasteiger partial charge in [0.1, 0.15) is 0 Å². The fourth-order valence-corrected chi connectivity index (χ4v) is 5.41. The topological polar surface area (TPSA) is 0 Å². The van der Waals surface area contributed by atoms with E-state index >= 15 is 0 Å². The maximum absolute atomic E-state index is 3.59. The van der Waals surface area contributed by atoms with Gasteiger partial charge in [0.15, 0.2) is 0 Å². The van der Waals surface area contributed by atoms with Gasteiger partial charge in [-0.05, 0) is 95.8 Å². The van der Waals surface area contributed by atoms with Crippen molar-refractivity contribution < 1.29 is 0 Å². The minimum atomic E-state index is 1.04. The lowest BCUT2D eigenvalue weighted by molar-refractivity contribution is 1.41. The first-order chi connectivity index (χ1) is 17.6. The second kappa shape index (κ2) is 13.2. The molecule has 0 heterocycles. The standard InChI is InChI=1S/C32H28S4/c1-33-27-13-5-23(6-14-27)31(24-7-15-28(34-2)16-8-24)21-22-32(25-9-17-29(35-3)18-10-25)26-11-19-30(36-4)20-12-26/h5-20H,1-4H3. The van der Waals surface area contributed by atoms with Gasteiger partial charge in [0, 0.05) is 30.7 Å². The average Bonchev–Trinajstić information content (AvgIpc) is 2.96. The molecule has 0 atom stereocenters. The number of benzene rings is 4. The minimum Gasteiger partial charge on any atom is -0.130 e. The second-order valence-electron chi connectivity index (χ2n) is 7.91. The lowest BCUT2D eigenvalue weighted by atomic mass is 9.97. The monoisotopic (exact) mass is 540 g/mol. The highest BCUT2D eigenvalue weighted by molar-refractivity contribution is 7.99. The van der Waals surface area contributed by atoms with Crippen LogP contribution >= 0.6 is 47.0 Å². The number of hydrogen-bond acceptors (Lipinski definition) is 4. The highest BCUT2D eigenvalue weighted by Gasteiger charge is 2.08. The Balaban J connectivity index is 1.97. The molecule has 4 rings (SSSR count). The zero-order valence-electron chi connectivity index (χ0n) is 20.9. The van der Waals surface area contributed by atoms with Crippen molar-refractivity contribution in [1.82, 2.24) is 0 Å². The minimum absolute atomic E-state index is 1.04. The maximum atomic E-state index is 3.59. The SMILES string of the molecule is CSc1ccc(C(=C=C=C(c2ccc(SC)cc2)c2ccc(SC)cc2)c2ccc(SC)cc2)cc1. The molecule has 180 valence electrons. The molecule has 4 aromatic rings. The lowest BCUT2D eigenvalue weighted by Gasteiger charge is -2.09. The predicted octanol–water partition coefficient (Wildman–Crippen LogP) is 9.89. The van der Waals surface area contributed by atoms with Gasteiger partial charge in [-0.15, -0.1) is 47.0 Å². The molecule has 36 heavy (non-hydrogen) atoms. The van der Waals surface area contributed by atoms with Crippen molar-refractivity contribution >= 4 is 58.2 Å². The third-order valence-electron chi connectivity index (χ3n) is 5.83. The molecule has 0 aliphatic carbocycles. The first kappa shape index (κ1) is 26.6. The predicted molar refractivity (Wildman–Crippen MR) is 165 cm³/mol. The average molecular weight is 541 g/mol. The van der Waals surface area contributed by atoms with Crippen LogP contribution in [0.5, 0.6) is 0 Å². The van der Waals surface area contributed by atoms with Crippen molar-refractivity contribution in [3.63, 3.8) is 0 Å². The molecule has 0 bridgehead atoms. The molecule has 0 aromatic heterocycles. The molecule has 0 nitrogen and oxygen atoms in total. The molecule has 0 N–H and O–H groups in total. The van der Waals surface area contributed by atoms with Gasteiger partial charge in [0.2, 0.25) is 0 Å². The smallest absolute Gasteiger partial charge is 0.0393 e. The second-order valence-corrected chi connectivity index (χ2v) is 11.4. The molecule has 4 heteroatoms. The summed E-state index contributed by atoms with van der Waals surface area (Å²) in [7, 11) is 0. The van der Waals surface area contributed by atoms with Crippen molar-refractivity contribution in [2.45, 2.75) is 19.6 Å². The van der Waals surface area contributed by atoms with Crippen molar-refractivity contribution in [3.8, 4) is 0 Å². The van der Waals surface area contributed by atoms with Gasteiger partial charge in [-0.25, -0.2) is 0 Å². The molecule has 4 aromatic carbocycles. The Hall–Kier alpha value is -2.42. The quantitative estimate of drug-likeness (QED) is 0.161. The van der Waals surface area contributed by atoms with Crippen LogP contribution in [0, 0.1) is 0 Å². The van der Waals surface area contributed by atoms with Gasteiger partial charge >= 0.3 is 0 Å². The van der Waals surface area contributed by atoms with Crippen LogP contribution < -0.4 is 0 Å². The van der Waals surface area contributed by atoms with Crippen molar-refractivity contribution in [1.29, 1.82) is 0 Å². The van der Waals surface area contributed by atoms with Crippen molar-refractivity contribution in [3.05, 3.63) is 131 Å². The Morgan fingerprint density at radius 1 is 0.361 bits per heavy atom. The molecule has 0 unspecified atom stereocenters. The molecular formula is C32H28S4. The number of hydrogen-bond donors (Lipinski definition) is 0. The summed E-state index contributed by atoms with van der Waals surface area (Å²) < 4.78 is 0. The van der Waals surface area contributed by atoms with Crippen LogP contribution in [0.3, 0.4) is 0 Å². The van der Waals surface area contributed by atoms with Crippen LogP contribution in [0.1, 0.15) is 22.3 Å². The third-order valence-corrected chi connectivity index (χ3v) is 8.80. The van der Waals surface area contributed by atoms with Crippen LogP contribution in [0.2, 0.25) is 0 Å². The molecule has 0 radical (unpaired) electrons. The third kappa shape index (κ3) is 6.66. The highest BCUT2D eigenvalue weighted by atomic mass is 32.2. The Bertz CT molecular complexity index is 1180. The number of rotatable bonds is 8. The van der Waals surface area contributed by atoms with Crippen LogP contribution in [0.25, 0.3) is 11.1 Å². The summed E-state index contributed by atoms with van der Waals surface area (Å²) in [5, 5.41) is 0. The largest absolute Gasteiger partial charge is 0.130 e. The van der Waals surface area contributed by atoms with Gasteiger partial charge in [0.25, 0.3) is 0 Å². The molecule has 0 saturated heterocycles. The summed E-state index contributed by atoms with van der Waals surface area (Å²) >= 11 is 7.01. The molecule has 0 amide bonds. The van der Waals surface area contributed by atoms with Crippen LogP contribution in [-0.2, 0) is 0 Å². The van der Waals surface area contributed by atoms with Gasteiger partial charge in [0.05, 0.1) is 0 Å². The van der Waals surface area contributed by atoms with E-state index < -0.39 is 0 Å². The molecule has 0 spiro atoms. The van der Waals surface area contributed by atoms with E-state index in [0.29, 0.717) is 0 Å². The Labute approximate surface area is 232 Å². The zero-order valence-corrected chi connectivity index (χ0v) is 24.1. The Morgan fingerprint density at radius 2 is 0.556 bits per heavy atom. The van der Waals surface area contributed by atoms with E-state index in [9.17, 15) is 0 Å². The molecular weight excluding hydrogens is 513 g/mol. The van der Waals surface area contributed by atoms with E-state index in [-0.39, 0.29) is 0 Å². The van der Waals surface area contributed by atoms with Crippen molar-refractivity contribution in [2.75, 3.05) is 25.0 Å². The molecule has 0 saturated carbocycles. The highest BCUT2D eigenvalue weighted by Crippen LogP contribution is 2.29. The van der Waals surface area contributed by atoms with E-state index in [0.717, 1.165) is 33.4 Å². The Kier molecular flexibility index (Phi) is 9.78. The van der Waals surface area contributed by atoms with E-state index in [1.54, 1.807) is 47.0 Å². The molecule has 0 aliphatic rings. The summed E-state index contributed by atoms with van der Waals surface area (Å²) in [6.07, 6.45) is 8.41. The van der Waals surface area contributed by atoms with Crippen LogP contribution in [-0.4, -0.2) is 25.0 Å². The summed E-state index contributed by atoms with van der Waals surface area (Å²) in [6, 6.07) is 34.8. The summed E-state index contributed by atoms with van der Waals surface area (Å²) in [5.41, 5.74) is 13.8. The van der Waals surface area contributed by atoms with Gasteiger partial charge in [-0.2, -0.15) is 0 Å². The van der Waals surface area contributed by atoms with E-state index in [1.807, 2.05) is 0 Å². The summed E-state index contributed by atoms with van der Waals surface area (Å²) in [6.45, 7) is 0. The summed E-state index contributed by atoms with van der Waals surface area (Å²) in [4.78, 5) is 5.00. The van der Waals surface area contributed by atoms with E-state index in [1.165, 1.54) is 19.6 Å². The van der Waals surface area contributed by atoms with Gasteiger partial charge < -0.3 is 0 Å². The maximum Gasteiger partial charge on any atom is 0.0393 e. The van der Waals surface area contributed by atoms with Crippen molar-refractivity contribution in [2.24, 2.45) is 0 Å². The molecule has 0 fully saturated rings. The first-order valence-electron chi connectivity index (χ1n) is 11.5. The number of thioether (sulfide) groups is 4. The fraction of sp³-hybridized carbons (Fsp3) is 0.125. The van der Waals surface area contributed by atoms with Crippen LogP contribution in [0.4, 0.5) is 0 Å². The normalized spacial score (nSPS) is 10.4. The molecule has 0 aliphatic heterocycles. The van der Waals surface area contributed by atoms with E-state index in [2.05, 4.69) is 134 Å². The van der Waals surface area contributed by atoms with Gasteiger partial charge in [-0.3, -0.25) is 0 Å². The lowest BCUT2D eigenvalue weighted by Crippen LogP contribution is -1.89. The summed E-state index contributed by atoms with van der Waals surface area (Å²) in [5.74, 6) is 0. The first-order valence-corrected chi connectivity index (χ1v) is 16.4. The van der Waals surface area contributed by atoms with Crippen LogP contribution in [0.15, 0.2) is 128 Å². The Morgan fingerprint density at radius 3 is 0.722 bits per heavy atom.